The Bertz CT molecular complexity index is 843. The fourth-order valence-corrected chi connectivity index (χ4v) is 3.29. The van der Waals surface area contributed by atoms with Crippen LogP contribution in [0.2, 0.25) is 0 Å². The van der Waals surface area contributed by atoms with E-state index in [4.69, 9.17) is 4.74 Å². The van der Waals surface area contributed by atoms with E-state index >= 15 is 0 Å². The molecule has 1 aliphatic heterocycles. The molecule has 27 heavy (non-hydrogen) atoms. The standard InChI is InChI=1S/C19H22N4O4/c1-12-5-4-6-16(18(12)23(25)26)19(24)21-15-7-8-17(20-9-15)22-10-13(2)27-14(3)11-22/h4-9,13-14H,10-11H2,1-3H3,(H,21,24). The average molecular weight is 370 g/mol. The Labute approximate surface area is 157 Å². The molecule has 1 aromatic carbocycles. The number of benzene rings is 1. The summed E-state index contributed by atoms with van der Waals surface area (Å²) in [5, 5.41) is 13.9. The lowest BCUT2D eigenvalue weighted by atomic mass is 10.1. The molecule has 2 unspecified atom stereocenters. The molecule has 1 aromatic heterocycles. The van der Waals surface area contributed by atoms with Crippen LogP contribution in [-0.2, 0) is 4.74 Å². The molecule has 0 radical (unpaired) electrons. The van der Waals surface area contributed by atoms with Crippen LogP contribution in [0.15, 0.2) is 36.5 Å². The summed E-state index contributed by atoms with van der Waals surface area (Å²) < 4.78 is 5.72. The highest BCUT2D eigenvalue weighted by atomic mass is 16.6. The van der Waals surface area contributed by atoms with Gasteiger partial charge in [-0.2, -0.15) is 0 Å². The van der Waals surface area contributed by atoms with Gasteiger partial charge < -0.3 is 15.0 Å². The normalized spacial score (nSPS) is 19.6. The van der Waals surface area contributed by atoms with Gasteiger partial charge in [-0.25, -0.2) is 4.98 Å². The van der Waals surface area contributed by atoms with Gasteiger partial charge in [0.15, 0.2) is 0 Å². The van der Waals surface area contributed by atoms with Gasteiger partial charge >= 0.3 is 0 Å². The maximum absolute atomic E-state index is 12.5. The molecule has 2 atom stereocenters. The number of nitro benzene ring substituents is 1. The summed E-state index contributed by atoms with van der Waals surface area (Å²) in [5.41, 5.74) is 0.765. The Balaban J connectivity index is 1.75. The number of nitro groups is 1. The second-order valence-corrected chi connectivity index (χ2v) is 6.75. The molecule has 1 fully saturated rings. The van der Waals surface area contributed by atoms with Gasteiger partial charge in [-0.3, -0.25) is 14.9 Å². The van der Waals surface area contributed by atoms with Crippen molar-refractivity contribution in [2.75, 3.05) is 23.3 Å². The average Bonchev–Trinajstić information content (AvgIpc) is 2.61. The number of rotatable bonds is 4. The van der Waals surface area contributed by atoms with Gasteiger partial charge in [0, 0.05) is 18.7 Å². The fraction of sp³-hybridized carbons (Fsp3) is 0.368. The van der Waals surface area contributed by atoms with Gasteiger partial charge in [-0.1, -0.05) is 12.1 Å². The lowest BCUT2D eigenvalue weighted by molar-refractivity contribution is -0.385. The van der Waals surface area contributed by atoms with Crippen LogP contribution in [0.3, 0.4) is 0 Å². The highest BCUT2D eigenvalue weighted by molar-refractivity contribution is 6.07. The number of morpholine rings is 1. The first kappa shape index (κ1) is 18.8. The number of nitrogens with one attached hydrogen (secondary N) is 1. The number of carbonyl (C=O) groups excluding carboxylic acids is 1. The number of aryl methyl sites for hydroxylation is 1. The summed E-state index contributed by atoms with van der Waals surface area (Å²) in [6.07, 6.45) is 1.80. The Morgan fingerprint density at radius 1 is 1.26 bits per heavy atom. The van der Waals surface area contributed by atoms with Crippen LogP contribution in [0.1, 0.15) is 29.8 Å². The molecule has 0 aliphatic carbocycles. The van der Waals surface area contributed by atoms with Gasteiger partial charge in [0.25, 0.3) is 11.6 Å². The van der Waals surface area contributed by atoms with Crippen LogP contribution in [-0.4, -0.2) is 41.1 Å². The highest BCUT2D eigenvalue weighted by Gasteiger charge is 2.24. The van der Waals surface area contributed by atoms with E-state index in [0.29, 0.717) is 11.3 Å². The molecule has 1 amide bonds. The third kappa shape index (κ3) is 4.22. The van der Waals surface area contributed by atoms with E-state index in [0.717, 1.165) is 18.9 Å². The highest BCUT2D eigenvalue weighted by Crippen LogP contribution is 2.25. The second kappa shape index (κ2) is 7.71. The Morgan fingerprint density at radius 3 is 2.56 bits per heavy atom. The monoisotopic (exact) mass is 370 g/mol. The zero-order chi connectivity index (χ0) is 19.6. The number of para-hydroxylation sites is 1. The first-order valence-electron chi connectivity index (χ1n) is 8.77. The van der Waals surface area contributed by atoms with Crippen molar-refractivity contribution in [1.82, 2.24) is 4.98 Å². The molecule has 1 saturated heterocycles. The van der Waals surface area contributed by atoms with Crippen molar-refractivity contribution in [2.45, 2.75) is 33.0 Å². The third-order valence-corrected chi connectivity index (χ3v) is 4.41. The van der Waals surface area contributed by atoms with E-state index < -0.39 is 10.8 Å². The minimum Gasteiger partial charge on any atom is -0.372 e. The molecular weight excluding hydrogens is 348 g/mol. The molecule has 2 heterocycles. The van der Waals surface area contributed by atoms with Crippen molar-refractivity contribution < 1.29 is 14.5 Å². The third-order valence-electron chi connectivity index (χ3n) is 4.41. The van der Waals surface area contributed by atoms with E-state index in [9.17, 15) is 14.9 Å². The SMILES string of the molecule is Cc1cccc(C(=O)Nc2ccc(N3CC(C)OC(C)C3)nc2)c1[N+](=O)[O-]. The smallest absolute Gasteiger partial charge is 0.285 e. The number of nitrogens with zero attached hydrogens (tertiary/aromatic N) is 3. The number of aromatic nitrogens is 1. The molecule has 1 aliphatic rings. The summed E-state index contributed by atoms with van der Waals surface area (Å²) in [6.45, 7) is 7.14. The quantitative estimate of drug-likeness (QED) is 0.656. The number of ether oxygens (including phenoxy) is 1. The number of carbonyl (C=O) groups is 1. The van der Waals surface area contributed by atoms with Crippen LogP contribution in [0.25, 0.3) is 0 Å². The Kier molecular flexibility index (Phi) is 5.36. The molecule has 0 bridgehead atoms. The maximum atomic E-state index is 12.5. The van der Waals surface area contributed by atoms with Crippen molar-refractivity contribution in [3.8, 4) is 0 Å². The molecular formula is C19H22N4O4. The molecule has 1 N–H and O–H groups in total. The van der Waals surface area contributed by atoms with Crippen molar-refractivity contribution in [2.24, 2.45) is 0 Å². The molecule has 3 rings (SSSR count). The summed E-state index contributed by atoms with van der Waals surface area (Å²) in [7, 11) is 0. The lowest BCUT2D eigenvalue weighted by Crippen LogP contribution is -2.45. The maximum Gasteiger partial charge on any atom is 0.285 e. The minimum atomic E-state index is -0.535. The number of pyridine rings is 1. The van der Waals surface area contributed by atoms with Crippen molar-refractivity contribution in [1.29, 1.82) is 0 Å². The lowest BCUT2D eigenvalue weighted by Gasteiger charge is -2.36. The first-order chi connectivity index (χ1) is 12.8. The van der Waals surface area contributed by atoms with Crippen LogP contribution in [0.5, 0.6) is 0 Å². The minimum absolute atomic E-state index is 0.0277. The zero-order valence-corrected chi connectivity index (χ0v) is 15.5. The Hall–Kier alpha value is -3.00. The van der Waals surface area contributed by atoms with E-state index in [1.54, 1.807) is 31.3 Å². The molecule has 0 saturated carbocycles. The van der Waals surface area contributed by atoms with Crippen LogP contribution in [0, 0.1) is 17.0 Å². The van der Waals surface area contributed by atoms with Crippen molar-refractivity contribution in [3.05, 3.63) is 57.8 Å². The van der Waals surface area contributed by atoms with E-state index in [1.165, 1.54) is 6.07 Å². The fourth-order valence-electron chi connectivity index (χ4n) is 3.29. The predicted molar refractivity (Wildman–Crippen MR) is 102 cm³/mol. The van der Waals surface area contributed by atoms with Crippen LogP contribution >= 0.6 is 0 Å². The van der Waals surface area contributed by atoms with Crippen LogP contribution < -0.4 is 10.2 Å². The summed E-state index contributed by atoms with van der Waals surface area (Å²) in [4.78, 5) is 29.8. The molecule has 142 valence electrons. The number of anilines is 2. The summed E-state index contributed by atoms with van der Waals surface area (Å²) >= 11 is 0. The van der Waals surface area contributed by atoms with Gasteiger partial charge in [0.05, 0.1) is 29.0 Å². The largest absolute Gasteiger partial charge is 0.372 e. The van der Waals surface area contributed by atoms with Gasteiger partial charge in [-0.15, -0.1) is 0 Å². The number of hydrogen-bond donors (Lipinski definition) is 1. The van der Waals surface area contributed by atoms with E-state index in [2.05, 4.69) is 15.2 Å². The number of hydrogen-bond acceptors (Lipinski definition) is 6. The molecule has 8 heteroatoms. The molecule has 2 aromatic rings. The second-order valence-electron chi connectivity index (χ2n) is 6.75. The predicted octanol–water partition coefficient (Wildman–Crippen LogP) is 3.16. The first-order valence-corrected chi connectivity index (χ1v) is 8.77. The summed E-state index contributed by atoms with van der Waals surface area (Å²) in [6, 6.07) is 8.24. The van der Waals surface area contributed by atoms with E-state index in [1.807, 2.05) is 19.9 Å². The van der Waals surface area contributed by atoms with Gasteiger partial charge in [0.1, 0.15) is 11.4 Å². The Morgan fingerprint density at radius 2 is 1.96 bits per heavy atom. The van der Waals surface area contributed by atoms with Gasteiger partial charge in [0.2, 0.25) is 0 Å². The van der Waals surface area contributed by atoms with Gasteiger partial charge in [-0.05, 0) is 39.0 Å². The topological polar surface area (TPSA) is 97.6 Å². The van der Waals surface area contributed by atoms with Crippen molar-refractivity contribution in [3.63, 3.8) is 0 Å². The summed E-state index contributed by atoms with van der Waals surface area (Å²) in [5.74, 6) is 0.269. The van der Waals surface area contributed by atoms with Crippen LogP contribution in [0.4, 0.5) is 17.2 Å². The number of amides is 1. The molecule has 0 spiro atoms. The van der Waals surface area contributed by atoms with Crippen molar-refractivity contribution >= 4 is 23.1 Å². The van der Waals surface area contributed by atoms with E-state index in [-0.39, 0.29) is 23.5 Å². The molecule has 8 nitrogen and oxygen atoms in total. The zero-order valence-electron chi connectivity index (χ0n) is 15.5.